The van der Waals surface area contributed by atoms with Crippen LogP contribution in [0.2, 0.25) is 0 Å². The average Bonchev–Trinajstić information content (AvgIpc) is 2.73. The molecule has 3 rings (SSSR count). The number of nitriles is 1. The summed E-state index contributed by atoms with van der Waals surface area (Å²) in [7, 11) is -3.71. The standard InChI is InChI=1S/C20H18FN3O3S/c21-18-6-8-19(9-7-18)28(26,27)24-13-11-23(12-14-24)20(25)10-5-16-1-3-17(15-22)4-2-16/h1-10H,11-14H2/b10-5+. The molecule has 1 aliphatic heterocycles. The minimum Gasteiger partial charge on any atom is -0.337 e. The van der Waals surface area contributed by atoms with Gasteiger partial charge in [-0.15, -0.1) is 0 Å². The fraction of sp³-hybridized carbons (Fsp3) is 0.200. The van der Waals surface area contributed by atoms with E-state index < -0.39 is 15.8 Å². The van der Waals surface area contributed by atoms with E-state index in [0.29, 0.717) is 5.56 Å². The lowest BCUT2D eigenvalue weighted by Crippen LogP contribution is -2.50. The van der Waals surface area contributed by atoms with Crippen LogP contribution in [0.3, 0.4) is 0 Å². The number of nitrogens with zero attached hydrogens (tertiary/aromatic N) is 3. The molecular formula is C20H18FN3O3S. The van der Waals surface area contributed by atoms with E-state index in [1.54, 1.807) is 35.2 Å². The molecule has 28 heavy (non-hydrogen) atoms. The maximum Gasteiger partial charge on any atom is 0.246 e. The van der Waals surface area contributed by atoms with Crippen molar-refractivity contribution in [2.75, 3.05) is 26.2 Å². The third-order valence-corrected chi connectivity index (χ3v) is 6.37. The highest BCUT2D eigenvalue weighted by atomic mass is 32.2. The molecule has 8 heteroatoms. The minimum atomic E-state index is -3.71. The molecule has 0 aromatic heterocycles. The van der Waals surface area contributed by atoms with Crippen LogP contribution in [-0.2, 0) is 14.8 Å². The first-order valence-electron chi connectivity index (χ1n) is 8.63. The number of carbonyl (C=O) groups is 1. The van der Waals surface area contributed by atoms with Crippen LogP contribution in [0.15, 0.2) is 59.5 Å². The van der Waals surface area contributed by atoms with Gasteiger partial charge in [-0.3, -0.25) is 4.79 Å². The molecule has 6 nitrogen and oxygen atoms in total. The van der Waals surface area contributed by atoms with E-state index in [-0.39, 0.29) is 37.0 Å². The van der Waals surface area contributed by atoms with Crippen LogP contribution in [0.1, 0.15) is 11.1 Å². The quantitative estimate of drug-likeness (QED) is 0.739. The van der Waals surface area contributed by atoms with Crippen LogP contribution in [0.4, 0.5) is 4.39 Å². The SMILES string of the molecule is N#Cc1ccc(/C=C/C(=O)N2CCN(S(=O)(=O)c3ccc(F)cc3)CC2)cc1. The second-order valence-electron chi connectivity index (χ2n) is 6.25. The number of benzene rings is 2. The Morgan fingerprint density at radius 3 is 2.18 bits per heavy atom. The normalized spacial score (nSPS) is 15.5. The highest BCUT2D eigenvalue weighted by Gasteiger charge is 2.29. The summed E-state index contributed by atoms with van der Waals surface area (Å²) in [6.07, 6.45) is 3.09. The van der Waals surface area contributed by atoms with Crippen molar-refractivity contribution < 1.29 is 17.6 Å². The zero-order valence-electron chi connectivity index (χ0n) is 15.0. The molecule has 1 aliphatic rings. The molecule has 1 amide bonds. The molecular weight excluding hydrogens is 381 g/mol. The van der Waals surface area contributed by atoms with Crippen LogP contribution >= 0.6 is 0 Å². The van der Waals surface area contributed by atoms with E-state index in [0.717, 1.165) is 17.7 Å². The van der Waals surface area contributed by atoms with E-state index in [4.69, 9.17) is 5.26 Å². The molecule has 0 radical (unpaired) electrons. The molecule has 144 valence electrons. The van der Waals surface area contributed by atoms with Gasteiger partial charge in [0, 0.05) is 32.3 Å². The highest BCUT2D eigenvalue weighted by Crippen LogP contribution is 2.18. The van der Waals surface area contributed by atoms with E-state index in [9.17, 15) is 17.6 Å². The Kier molecular flexibility index (Phi) is 5.87. The first-order valence-corrected chi connectivity index (χ1v) is 10.1. The molecule has 1 fully saturated rings. The predicted molar refractivity (Wildman–Crippen MR) is 102 cm³/mol. The molecule has 0 atom stereocenters. The molecule has 0 aliphatic carbocycles. The maximum absolute atomic E-state index is 13.0. The second kappa shape index (κ2) is 8.33. The summed E-state index contributed by atoms with van der Waals surface area (Å²) in [6.45, 7) is 0.903. The van der Waals surface area contributed by atoms with Gasteiger partial charge in [-0.2, -0.15) is 9.57 Å². The Balaban J connectivity index is 1.59. The van der Waals surface area contributed by atoms with Gasteiger partial charge in [0.25, 0.3) is 0 Å². The molecule has 0 unspecified atom stereocenters. The van der Waals surface area contributed by atoms with Crippen LogP contribution in [0.25, 0.3) is 6.08 Å². The molecule has 0 spiro atoms. The summed E-state index contributed by atoms with van der Waals surface area (Å²) in [6, 6.07) is 13.6. The fourth-order valence-electron chi connectivity index (χ4n) is 2.85. The highest BCUT2D eigenvalue weighted by molar-refractivity contribution is 7.89. The van der Waals surface area contributed by atoms with Crippen molar-refractivity contribution in [1.29, 1.82) is 5.26 Å². The van der Waals surface area contributed by atoms with Gasteiger partial charge in [0.05, 0.1) is 16.5 Å². The monoisotopic (exact) mass is 399 g/mol. The maximum atomic E-state index is 13.0. The summed E-state index contributed by atoms with van der Waals surface area (Å²) in [5, 5.41) is 8.79. The molecule has 1 saturated heterocycles. The van der Waals surface area contributed by atoms with Gasteiger partial charge in [0.15, 0.2) is 0 Å². The number of rotatable bonds is 4. The van der Waals surface area contributed by atoms with Crippen molar-refractivity contribution in [3.05, 3.63) is 71.6 Å². The zero-order chi connectivity index (χ0) is 20.1. The van der Waals surface area contributed by atoms with Gasteiger partial charge in [-0.05, 0) is 48.0 Å². The Bertz CT molecular complexity index is 1020. The number of amides is 1. The van der Waals surface area contributed by atoms with Gasteiger partial charge >= 0.3 is 0 Å². The molecule has 0 N–H and O–H groups in total. The van der Waals surface area contributed by atoms with E-state index in [2.05, 4.69) is 0 Å². The lowest BCUT2D eigenvalue weighted by Gasteiger charge is -2.33. The number of halogens is 1. The first kappa shape index (κ1) is 19.7. The number of piperazine rings is 1. The predicted octanol–water partition coefficient (Wildman–Crippen LogP) is 2.24. The van der Waals surface area contributed by atoms with E-state index >= 15 is 0 Å². The largest absolute Gasteiger partial charge is 0.337 e. The van der Waals surface area contributed by atoms with Crippen molar-refractivity contribution in [3.8, 4) is 6.07 Å². The van der Waals surface area contributed by atoms with Crippen molar-refractivity contribution in [2.24, 2.45) is 0 Å². The van der Waals surface area contributed by atoms with Crippen molar-refractivity contribution >= 4 is 22.0 Å². The smallest absolute Gasteiger partial charge is 0.246 e. The third kappa shape index (κ3) is 4.44. The van der Waals surface area contributed by atoms with Crippen LogP contribution < -0.4 is 0 Å². The molecule has 1 heterocycles. The number of carbonyl (C=O) groups excluding carboxylic acids is 1. The second-order valence-corrected chi connectivity index (χ2v) is 8.19. The van der Waals surface area contributed by atoms with Gasteiger partial charge in [-0.1, -0.05) is 12.1 Å². The fourth-order valence-corrected chi connectivity index (χ4v) is 4.27. The summed E-state index contributed by atoms with van der Waals surface area (Å²) >= 11 is 0. The van der Waals surface area contributed by atoms with Crippen LogP contribution in [0, 0.1) is 17.1 Å². The van der Waals surface area contributed by atoms with Crippen molar-refractivity contribution in [3.63, 3.8) is 0 Å². The Morgan fingerprint density at radius 1 is 1.00 bits per heavy atom. The Hall–Kier alpha value is -3.02. The topological polar surface area (TPSA) is 81.5 Å². The summed E-state index contributed by atoms with van der Waals surface area (Å²) in [4.78, 5) is 14.0. The van der Waals surface area contributed by atoms with Crippen LogP contribution in [0.5, 0.6) is 0 Å². The van der Waals surface area contributed by atoms with E-state index in [1.165, 1.54) is 22.5 Å². The third-order valence-electron chi connectivity index (χ3n) is 4.46. The van der Waals surface area contributed by atoms with Gasteiger partial charge in [-0.25, -0.2) is 12.8 Å². The number of hydrogen-bond acceptors (Lipinski definition) is 4. The first-order chi connectivity index (χ1) is 13.4. The molecule has 0 bridgehead atoms. The summed E-state index contributed by atoms with van der Waals surface area (Å²) in [5.74, 6) is -0.702. The number of hydrogen-bond donors (Lipinski definition) is 0. The van der Waals surface area contributed by atoms with Gasteiger partial charge in [0.2, 0.25) is 15.9 Å². The average molecular weight is 399 g/mol. The van der Waals surface area contributed by atoms with Gasteiger partial charge in [0.1, 0.15) is 5.82 Å². The lowest BCUT2D eigenvalue weighted by atomic mass is 10.1. The van der Waals surface area contributed by atoms with E-state index in [1.807, 2.05) is 6.07 Å². The molecule has 2 aromatic rings. The summed E-state index contributed by atoms with van der Waals surface area (Å²) in [5.41, 5.74) is 1.34. The lowest BCUT2D eigenvalue weighted by molar-refractivity contribution is -0.127. The number of sulfonamides is 1. The zero-order valence-corrected chi connectivity index (χ0v) is 15.8. The molecule has 0 saturated carbocycles. The van der Waals surface area contributed by atoms with Crippen molar-refractivity contribution in [1.82, 2.24) is 9.21 Å². The Labute approximate surface area is 163 Å². The Morgan fingerprint density at radius 2 is 1.61 bits per heavy atom. The summed E-state index contributed by atoms with van der Waals surface area (Å²) < 4.78 is 39.5. The van der Waals surface area contributed by atoms with Crippen molar-refractivity contribution in [2.45, 2.75) is 4.90 Å². The van der Waals surface area contributed by atoms with Gasteiger partial charge < -0.3 is 4.90 Å². The molecule has 2 aromatic carbocycles. The van der Waals surface area contributed by atoms with Crippen LogP contribution in [-0.4, -0.2) is 49.7 Å². The minimum absolute atomic E-state index is 0.0365.